The molecule has 18 heteroatoms. The van der Waals surface area contributed by atoms with Crippen LogP contribution in [0.5, 0.6) is 0 Å². The van der Waals surface area contributed by atoms with Crippen molar-refractivity contribution in [1.29, 1.82) is 0 Å². The fourth-order valence-corrected chi connectivity index (χ4v) is 4.67. The van der Waals surface area contributed by atoms with E-state index in [1.807, 2.05) is 0 Å². The largest absolute Gasteiger partial charge is 0.463 e. The van der Waals surface area contributed by atoms with Crippen molar-refractivity contribution in [2.45, 2.75) is 110 Å². The second-order valence-electron chi connectivity index (χ2n) is 9.90. The maximum absolute atomic E-state index is 12.3. The van der Waals surface area contributed by atoms with Crippen molar-refractivity contribution in [3.8, 4) is 0 Å². The lowest BCUT2D eigenvalue weighted by molar-refractivity contribution is -0.344. The topological polar surface area (TPSA) is 221 Å². The summed E-state index contributed by atoms with van der Waals surface area (Å²) in [6, 6.07) is 0. The number of ether oxygens (including phenoxy) is 11. The highest BCUT2D eigenvalue weighted by atomic mass is 16.8. The Labute approximate surface area is 258 Å². The van der Waals surface area contributed by atoms with Crippen LogP contribution in [0.3, 0.4) is 0 Å². The Hall–Kier alpha value is -3.87. The van der Waals surface area contributed by atoms with Crippen LogP contribution in [0.15, 0.2) is 0 Å². The zero-order valence-corrected chi connectivity index (χ0v) is 26.0. The number of methoxy groups -OCH3 is 1. The Kier molecular flexibility index (Phi) is 14.1. The highest BCUT2D eigenvalue weighted by Gasteiger charge is 2.58. The monoisotopic (exact) mass is 650 g/mol. The normalized spacial score (nSPS) is 31.0. The van der Waals surface area contributed by atoms with Gasteiger partial charge in [-0.15, -0.1) is 0 Å². The maximum Gasteiger partial charge on any atom is 0.305 e. The highest BCUT2D eigenvalue weighted by Crippen LogP contribution is 2.36. The Morgan fingerprint density at radius 2 is 0.778 bits per heavy atom. The van der Waals surface area contributed by atoms with Crippen molar-refractivity contribution in [3.63, 3.8) is 0 Å². The summed E-state index contributed by atoms with van der Waals surface area (Å²) in [5.74, 6) is -5.81. The third kappa shape index (κ3) is 11.2. The van der Waals surface area contributed by atoms with Crippen molar-refractivity contribution in [3.05, 3.63) is 0 Å². The van der Waals surface area contributed by atoms with Gasteiger partial charge in [0.15, 0.2) is 30.7 Å². The van der Waals surface area contributed by atoms with Gasteiger partial charge in [-0.25, -0.2) is 0 Å². The summed E-state index contributed by atoms with van der Waals surface area (Å²) >= 11 is 0. The molecule has 2 rings (SSSR count). The predicted molar refractivity (Wildman–Crippen MR) is 140 cm³/mol. The third-order valence-corrected chi connectivity index (χ3v) is 6.12. The highest BCUT2D eigenvalue weighted by molar-refractivity contribution is 5.69. The molecule has 0 amide bonds. The summed E-state index contributed by atoms with van der Waals surface area (Å²) in [5.41, 5.74) is 0. The number of carbonyl (C=O) groups excluding carboxylic acids is 7. The third-order valence-electron chi connectivity index (χ3n) is 6.12. The molecule has 0 aromatic rings. The Balaban J connectivity index is 2.77. The minimum atomic E-state index is -1.71. The van der Waals surface area contributed by atoms with E-state index in [1.165, 1.54) is 7.11 Å². The van der Waals surface area contributed by atoms with Crippen LogP contribution >= 0.6 is 0 Å². The molecule has 45 heavy (non-hydrogen) atoms. The summed E-state index contributed by atoms with van der Waals surface area (Å²) in [6.07, 6.45) is -15.2. The Bertz CT molecular complexity index is 1110. The molecule has 18 nitrogen and oxygen atoms in total. The first-order chi connectivity index (χ1) is 21.0. The van der Waals surface area contributed by atoms with Crippen molar-refractivity contribution in [2.75, 3.05) is 20.3 Å². The molecule has 10 atom stereocenters. The van der Waals surface area contributed by atoms with Crippen LogP contribution in [0.2, 0.25) is 0 Å². The van der Waals surface area contributed by atoms with Crippen LogP contribution in [-0.4, -0.2) is 124 Å². The fourth-order valence-electron chi connectivity index (χ4n) is 4.67. The molecule has 0 aliphatic carbocycles. The summed E-state index contributed by atoms with van der Waals surface area (Å²) in [4.78, 5) is 84.3. The molecule has 0 unspecified atom stereocenters. The van der Waals surface area contributed by atoms with E-state index in [-0.39, 0.29) is 0 Å². The SMILES string of the molecule is CO[C@H]1O[C@H](COC(C)=O)[C@@H](OC(C)=O)[C@H](O[C@@H]2[C@@H](OC(C)=O)[C@H](OC(C)=O)O[C@H](COC(C)=O)[C@H]2OC(C)=O)[C@H]1OC(C)=O. The molecule has 0 radical (unpaired) electrons. The molecular weight excluding hydrogens is 612 g/mol. The Morgan fingerprint density at radius 1 is 0.444 bits per heavy atom. The van der Waals surface area contributed by atoms with Crippen molar-refractivity contribution in [1.82, 2.24) is 0 Å². The predicted octanol–water partition coefficient (Wildman–Crippen LogP) is -0.747. The number of esters is 7. The van der Waals surface area contributed by atoms with Gasteiger partial charge in [-0.2, -0.15) is 0 Å². The van der Waals surface area contributed by atoms with Crippen molar-refractivity contribution < 1.29 is 85.7 Å². The van der Waals surface area contributed by atoms with Crippen LogP contribution in [0.1, 0.15) is 48.5 Å². The van der Waals surface area contributed by atoms with E-state index in [0.29, 0.717) is 0 Å². The fraction of sp³-hybridized carbons (Fsp3) is 0.741. The average Bonchev–Trinajstić information content (AvgIpc) is 2.90. The molecule has 0 aromatic heterocycles. The molecule has 0 saturated carbocycles. The number of carbonyl (C=O) groups is 7. The first-order valence-electron chi connectivity index (χ1n) is 13.7. The molecule has 2 aliphatic heterocycles. The van der Waals surface area contributed by atoms with Crippen LogP contribution in [0.25, 0.3) is 0 Å². The van der Waals surface area contributed by atoms with E-state index in [0.717, 1.165) is 48.5 Å². The van der Waals surface area contributed by atoms with E-state index in [1.54, 1.807) is 0 Å². The molecule has 254 valence electrons. The first-order valence-corrected chi connectivity index (χ1v) is 13.7. The van der Waals surface area contributed by atoms with Crippen LogP contribution < -0.4 is 0 Å². The van der Waals surface area contributed by atoms with Gasteiger partial charge in [-0.1, -0.05) is 0 Å². The van der Waals surface area contributed by atoms with Gasteiger partial charge in [0.25, 0.3) is 0 Å². The number of hydrogen-bond donors (Lipinski definition) is 0. The molecule has 0 aromatic carbocycles. The standard InChI is InChI=1S/C27H38O18/c1-11(28)36-9-18-20(38-13(3)30)22(24(40-15(5)32)26(35-8)43-18)45-23-21(39-14(4)31)19(10-37-12(2)29)44-27(42-17(7)34)25(23)41-16(6)33/h18-27H,9-10H2,1-8H3/t18-,19-,20-,21-,22+,23+,24-,25-,26+,27-/m1/s1. The molecular formula is C27H38O18. The second kappa shape index (κ2) is 17.0. The summed E-state index contributed by atoms with van der Waals surface area (Å²) in [7, 11) is 1.21. The zero-order valence-electron chi connectivity index (χ0n) is 26.0. The lowest BCUT2D eigenvalue weighted by atomic mass is 9.94. The second-order valence-corrected chi connectivity index (χ2v) is 9.90. The first kappa shape index (κ1) is 37.3. The van der Waals surface area contributed by atoms with E-state index in [4.69, 9.17) is 52.1 Å². The van der Waals surface area contributed by atoms with Gasteiger partial charge in [0.05, 0.1) is 0 Å². The Morgan fingerprint density at radius 3 is 1.11 bits per heavy atom. The minimum absolute atomic E-state index is 0.487. The van der Waals surface area contributed by atoms with E-state index in [2.05, 4.69) is 0 Å². The molecule has 0 bridgehead atoms. The van der Waals surface area contributed by atoms with Gasteiger partial charge >= 0.3 is 41.8 Å². The summed E-state index contributed by atoms with van der Waals surface area (Å²) in [6.45, 7) is 6.44. The molecule has 0 spiro atoms. The summed E-state index contributed by atoms with van der Waals surface area (Å²) in [5, 5.41) is 0. The maximum atomic E-state index is 12.3. The smallest absolute Gasteiger partial charge is 0.305 e. The van der Waals surface area contributed by atoms with Crippen LogP contribution in [-0.2, 0) is 85.7 Å². The molecule has 0 N–H and O–H groups in total. The van der Waals surface area contributed by atoms with E-state index < -0.39 is 116 Å². The van der Waals surface area contributed by atoms with Gasteiger partial charge in [-0.3, -0.25) is 33.6 Å². The quantitative estimate of drug-likeness (QED) is 0.187. The van der Waals surface area contributed by atoms with Gasteiger partial charge in [0, 0.05) is 55.6 Å². The van der Waals surface area contributed by atoms with Gasteiger partial charge in [-0.05, 0) is 0 Å². The van der Waals surface area contributed by atoms with Gasteiger partial charge < -0.3 is 52.1 Å². The van der Waals surface area contributed by atoms with Crippen LogP contribution in [0, 0.1) is 0 Å². The van der Waals surface area contributed by atoms with Gasteiger partial charge in [0.1, 0.15) is 37.6 Å². The lowest BCUT2D eigenvalue weighted by Crippen LogP contribution is -2.68. The van der Waals surface area contributed by atoms with Crippen molar-refractivity contribution in [2.24, 2.45) is 0 Å². The molecule has 2 aliphatic rings. The lowest BCUT2D eigenvalue weighted by Gasteiger charge is -2.49. The summed E-state index contributed by atoms with van der Waals surface area (Å²) < 4.78 is 60.6. The zero-order chi connectivity index (χ0) is 34.0. The van der Waals surface area contributed by atoms with E-state index in [9.17, 15) is 33.6 Å². The van der Waals surface area contributed by atoms with Gasteiger partial charge in [0.2, 0.25) is 6.29 Å². The number of hydrogen-bond acceptors (Lipinski definition) is 18. The number of rotatable bonds is 12. The minimum Gasteiger partial charge on any atom is -0.463 e. The van der Waals surface area contributed by atoms with Crippen molar-refractivity contribution >= 4 is 41.8 Å². The molecule has 2 saturated heterocycles. The van der Waals surface area contributed by atoms with E-state index >= 15 is 0 Å². The molecule has 2 fully saturated rings. The van der Waals surface area contributed by atoms with Crippen LogP contribution in [0.4, 0.5) is 0 Å². The average molecular weight is 651 g/mol. The molecule has 2 heterocycles.